The molecule has 2 heteroatoms. The Hall–Kier alpha value is -0.860. The zero-order valence-electron chi connectivity index (χ0n) is 10.9. The Balaban J connectivity index is 1.94. The van der Waals surface area contributed by atoms with Crippen LogP contribution < -0.4 is 5.73 Å². The Morgan fingerprint density at radius 2 is 1.89 bits per heavy atom. The van der Waals surface area contributed by atoms with Crippen LogP contribution in [0.3, 0.4) is 0 Å². The van der Waals surface area contributed by atoms with Crippen molar-refractivity contribution in [3.05, 3.63) is 35.4 Å². The monoisotopic (exact) mass is 245 g/mol. The fourth-order valence-corrected chi connectivity index (χ4v) is 3.54. The molecule has 98 valence electrons. The highest BCUT2D eigenvalue weighted by molar-refractivity contribution is 5.36. The molecule has 1 aromatic rings. The fraction of sp³-hybridized carbons (Fsp3) is 0.625. The molecule has 0 saturated heterocycles. The van der Waals surface area contributed by atoms with Crippen LogP contribution >= 0.6 is 0 Å². The summed E-state index contributed by atoms with van der Waals surface area (Å²) in [6, 6.07) is 8.63. The normalized spacial score (nSPS) is 33.1. The third kappa shape index (κ3) is 2.08. The summed E-state index contributed by atoms with van der Waals surface area (Å²) >= 11 is 0. The van der Waals surface area contributed by atoms with Crippen molar-refractivity contribution in [2.45, 2.75) is 62.5 Å². The van der Waals surface area contributed by atoms with Gasteiger partial charge in [0.1, 0.15) is 0 Å². The van der Waals surface area contributed by atoms with E-state index in [2.05, 4.69) is 24.3 Å². The summed E-state index contributed by atoms with van der Waals surface area (Å²) in [5.74, 6) is 0.670. The van der Waals surface area contributed by atoms with E-state index in [1.807, 2.05) is 0 Å². The zero-order chi connectivity index (χ0) is 12.6. The van der Waals surface area contributed by atoms with Crippen molar-refractivity contribution >= 4 is 0 Å². The standard InChI is InChI=1S/C16H23NO/c17-13-7-4-10-16(18,11-13)15-9-2-1-8-14(15)12-5-3-6-12/h1-2,8-9,12-13,18H,3-7,10-11,17H2. The molecule has 0 heterocycles. The van der Waals surface area contributed by atoms with E-state index in [0.717, 1.165) is 31.2 Å². The highest BCUT2D eigenvalue weighted by atomic mass is 16.3. The molecule has 0 amide bonds. The first-order chi connectivity index (χ1) is 8.69. The van der Waals surface area contributed by atoms with Crippen molar-refractivity contribution in [2.24, 2.45) is 5.73 Å². The van der Waals surface area contributed by atoms with Gasteiger partial charge in [-0.15, -0.1) is 0 Å². The molecule has 3 rings (SSSR count). The van der Waals surface area contributed by atoms with E-state index in [1.165, 1.54) is 24.8 Å². The van der Waals surface area contributed by atoms with Crippen molar-refractivity contribution in [3.63, 3.8) is 0 Å². The molecule has 0 aromatic heterocycles. The SMILES string of the molecule is NC1CCCC(O)(c2ccccc2C2CCC2)C1. The smallest absolute Gasteiger partial charge is 0.0914 e. The summed E-state index contributed by atoms with van der Waals surface area (Å²) in [5, 5.41) is 11.0. The molecule has 0 aliphatic heterocycles. The second-order valence-corrected chi connectivity index (χ2v) is 6.10. The summed E-state index contributed by atoms with van der Waals surface area (Å²) in [4.78, 5) is 0. The van der Waals surface area contributed by atoms with E-state index in [9.17, 15) is 5.11 Å². The van der Waals surface area contributed by atoms with Crippen LogP contribution in [0.1, 0.15) is 62.0 Å². The molecule has 0 spiro atoms. The highest BCUT2D eigenvalue weighted by Gasteiger charge is 2.37. The van der Waals surface area contributed by atoms with Gasteiger partial charge in [0.25, 0.3) is 0 Å². The number of hydrogen-bond acceptors (Lipinski definition) is 2. The molecule has 2 aliphatic carbocycles. The largest absolute Gasteiger partial charge is 0.385 e. The maximum atomic E-state index is 11.0. The van der Waals surface area contributed by atoms with Crippen LogP contribution in [0, 0.1) is 0 Å². The van der Waals surface area contributed by atoms with Crippen LogP contribution in [0.5, 0.6) is 0 Å². The molecule has 2 unspecified atom stereocenters. The lowest BCUT2D eigenvalue weighted by molar-refractivity contribution is -0.00852. The van der Waals surface area contributed by atoms with Crippen LogP contribution in [0.15, 0.2) is 24.3 Å². The van der Waals surface area contributed by atoms with Gasteiger partial charge in [0, 0.05) is 6.04 Å². The van der Waals surface area contributed by atoms with Crippen LogP contribution in [0.25, 0.3) is 0 Å². The molecule has 3 N–H and O–H groups in total. The number of hydrogen-bond donors (Lipinski definition) is 2. The van der Waals surface area contributed by atoms with Crippen molar-refractivity contribution in [1.29, 1.82) is 0 Å². The van der Waals surface area contributed by atoms with Gasteiger partial charge in [-0.3, -0.25) is 0 Å². The summed E-state index contributed by atoms with van der Waals surface area (Å²) in [6.07, 6.45) is 7.56. The van der Waals surface area contributed by atoms with Gasteiger partial charge in [0.2, 0.25) is 0 Å². The lowest BCUT2D eigenvalue weighted by Crippen LogP contribution is -2.40. The fourth-order valence-electron chi connectivity index (χ4n) is 3.54. The van der Waals surface area contributed by atoms with Crippen LogP contribution in [-0.2, 0) is 5.60 Å². The summed E-state index contributed by atoms with van der Waals surface area (Å²) < 4.78 is 0. The predicted molar refractivity (Wildman–Crippen MR) is 73.4 cm³/mol. The molecule has 1 aromatic carbocycles. The van der Waals surface area contributed by atoms with Crippen molar-refractivity contribution < 1.29 is 5.11 Å². The summed E-state index contributed by atoms with van der Waals surface area (Å²) in [6.45, 7) is 0. The Bertz CT molecular complexity index is 427. The third-order valence-electron chi connectivity index (χ3n) is 4.77. The molecule has 0 radical (unpaired) electrons. The molecule has 0 bridgehead atoms. The van der Waals surface area contributed by atoms with Gasteiger partial charge in [0.15, 0.2) is 0 Å². The van der Waals surface area contributed by atoms with E-state index in [-0.39, 0.29) is 6.04 Å². The Labute approximate surface area is 109 Å². The molecule has 18 heavy (non-hydrogen) atoms. The van der Waals surface area contributed by atoms with E-state index < -0.39 is 5.60 Å². The zero-order valence-corrected chi connectivity index (χ0v) is 10.9. The minimum absolute atomic E-state index is 0.151. The third-order valence-corrected chi connectivity index (χ3v) is 4.77. The molecular formula is C16H23NO. The minimum atomic E-state index is -0.677. The molecular weight excluding hydrogens is 222 g/mol. The van der Waals surface area contributed by atoms with Crippen LogP contribution in [0.2, 0.25) is 0 Å². The Morgan fingerprint density at radius 1 is 1.11 bits per heavy atom. The van der Waals surface area contributed by atoms with Gasteiger partial charge < -0.3 is 10.8 Å². The minimum Gasteiger partial charge on any atom is -0.385 e. The van der Waals surface area contributed by atoms with Gasteiger partial charge in [-0.05, 0) is 55.6 Å². The van der Waals surface area contributed by atoms with Crippen molar-refractivity contribution in [3.8, 4) is 0 Å². The summed E-state index contributed by atoms with van der Waals surface area (Å²) in [5.41, 5.74) is 7.92. The number of aliphatic hydroxyl groups is 1. The second kappa shape index (κ2) is 4.67. The quantitative estimate of drug-likeness (QED) is 0.841. The number of rotatable bonds is 2. The lowest BCUT2D eigenvalue weighted by atomic mass is 9.71. The maximum Gasteiger partial charge on any atom is 0.0914 e. The first-order valence-corrected chi connectivity index (χ1v) is 7.26. The van der Waals surface area contributed by atoms with Gasteiger partial charge in [-0.2, -0.15) is 0 Å². The molecule has 2 aliphatic rings. The Kier molecular flexibility index (Phi) is 3.16. The summed E-state index contributed by atoms with van der Waals surface area (Å²) in [7, 11) is 0. The van der Waals surface area contributed by atoms with Gasteiger partial charge in [-0.1, -0.05) is 30.7 Å². The highest BCUT2D eigenvalue weighted by Crippen LogP contribution is 2.44. The van der Waals surface area contributed by atoms with E-state index in [0.29, 0.717) is 5.92 Å². The van der Waals surface area contributed by atoms with Crippen molar-refractivity contribution in [1.82, 2.24) is 0 Å². The van der Waals surface area contributed by atoms with Crippen molar-refractivity contribution in [2.75, 3.05) is 0 Å². The second-order valence-electron chi connectivity index (χ2n) is 6.10. The lowest BCUT2D eigenvalue weighted by Gasteiger charge is -2.39. The Morgan fingerprint density at radius 3 is 2.56 bits per heavy atom. The first-order valence-electron chi connectivity index (χ1n) is 7.26. The maximum absolute atomic E-state index is 11.0. The average molecular weight is 245 g/mol. The molecule has 2 saturated carbocycles. The van der Waals surface area contributed by atoms with Crippen LogP contribution in [0.4, 0.5) is 0 Å². The van der Waals surface area contributed by atoms with Crippen LogP contribution in [-0.4, -0.2) is 11.1 Å². The number of nitrogens with two attached hydrogens (primary N) is 1. The molecule has 2 nitrogen and oxygen atoms in total. The van der Waals surface area contributed by atoms with Gasteiger partial charge in [-0.25, -0.2) is 0 Å². The average Bonchev–Trinajstić information content (AvgIpc) is 2.27. The molecule has 2 fully saturated rings. The van der Waals surface area contributed by atoms with E-state index >= 15 is 0 Å². The number of benzene rings is 1. The van der Waals surface area contributed by atoms with Gasteiger partial charge in [0.05, 0.1) is 5.60 Å². The van der Waals surface area contributed by atoms with Gasteiger partial charge >= 0.3 is 0 Å². The molecule has 2 atom stereocenters. The predicted octanol–water partition coefficient (Wildman–Crippen LogP) is 3.04. The van der Waals surface area contributed by atoms with E-state index in [4.69, 9.17) is 5.73 Å². The topological polar surface area (TPSA) is 46.2 Å². The van der Waals surface area contributed by atoms with E-state index in [1.54, 1.807) is 0 Å². The first kappa shape index (κ1) is 12.2.